The molecule has 13 rings (SSSR count). The van der Waals surface area contributed by atoms with E-state index in [0.717, 1.165) is 83.1 Å². The average Bonchev–Trinajstić information content (AvgIpc) is 3.96. The van der Waals surface area contributed by atoms with Crippen molar-refractivity contribution in [2.45, 2.75) is 0 Å². The number of benzene rings is 9. The van der Waals surface area contributed by atoms with Gasteiger partial charge in [0.05, 0.1) is 44.4 Å². The molecule has 0 aliphatic carbocycles. The Morgan fingerprint density at radius 3 is 1.88 bits per heavy atom. The fourth-order valence-corrected chi connectivity index (χ4v) is 9.54. The van der Waals surface area contributed by atoms with Gasteiger partial charge in [-0.05, 0) is 66.0 Å². The number of nitrogens with zero attached hydrogens (tertiary/aromatic N) is 4. The maximum absolute atomic E-state index is 6.54. The summed E-state index contributed by atoms with van der Waals surface area (Å²) in [5.74, 6) is 0.700. The molecule has 0 aliphatic rings. The van der Waals surface area contributed by atoms with E-state index in [-0.39, 0.29) is 0 Å². The Labute approximate surface area is 337 Å². The molecule has 13 aromatic rings. The van der Waals surface area contributed by atoms with Gasteiger partial charge in [-0.1, -0.05) is 133 Å². The monoisotopic (exact) mass is 752 g/mol. The molecule has 0 saturated heterocycles. The second kappa shape index (κ2) is 12.2. The van der Waals surface area contributed by atoms with E-state index in [2.05, 4.69) is 185 Å². The maximum Gasteiger partial charge on any atom is 0.160 e. The van der Waals surface area contributed by atoms with Crippen LogP contribution in [0.3, 0.4) is 0 Å². The van der Waals surface area contributed by atoms with Gasteiger partial charge in [0.2, 0.25) is 0 Å². The van der Waals surface area contributed by atoms with Crippen molar-refractivity contribution < 1.29 is 4.42 Å². The van der Waals surface area contributed by atoms with E-state index in [1.165, 1.54) is 32.3 Å². The lowest BCUT2D eigenvalue weighted by Crippen LogP contribution is -2.00. The van der Waals surface area contributed by atoms with E-state index in [1.54, 1.807) is 0 Å². The van der Waals surface area contributed by atoms with Crippen molar-refractivity contribution in [3.63, 3.8) is 0 Å². The molecule has 0 atom stereocenters. The minimum atomic E-state index is 0.700. The van der Waals surface area contributed by atoms with Crippen LogP contribution in [0.15, 0.2) is 199 Å². The first-order valence-electron chi connectivity index (χ1n) is 20.0. The Hall–Kier alpha value is -8.02. The maximum atomic E-state index is 6.54. The van der Waals surface area contributed by atoms with Crippen LogP contribution in [-0.2, 0) is 0 Å². The van der Waals surface area contributed by atoms with Crippen LogP contribution in [0.1, 0.15) is 0 Å². The van der Waals surface area contributed by atoms with Crippen molar-refractivity contribution in [2.24, 2.45) is 0 Å². The Kier molecular flexibility index (Phi) is 6.66. The molecule has 4 aromatic heterocycles. The Balaban J connectivity index is 1.13. The second-order valence-electron chi connectivity index (χ2n) is 15.3. The molecular formula is C54H32N4O. The highest BCUT2D eigenvalue weighted by molar-refractivity contribution is 6.30. The Bertz CT molecular complexity index is 3830. The number of furan rings is 1. The molecule has 59 heavy (non-hydrogen) atoms. The van der Waals surface area contributed by atoms with Crippen LogP contribution in [0.4, 0.5) is 0 Å². The molecule has 9 aromatic carbocycles. The summed E-state index contributed by atoms with van der Waals surface area (Å²) in [6.45, 7) is 0. The number of rotatable bonds is 4. The van der Waals surface area contributed by atoms with E-state index in [0.29, 0.717) is 5.82 Å². The number of para-hydroxylation sites is 3. The standard InChI is InChI=1S/C54H32N4O/c1-2-14-34(15-3-1)50-42-19-6-9-21-44(42)55-54(56-50)35-25-27-36(28-26-35)57-46-22-10-7-18-38(46)39-29-30-41-40-31-32-48-49(43-20-8-11-24-47(43)59-48)51(40)58(53(41)52(39)57)45-23-12-16-33-13-4-5-17-37(33)45/h1-32H. The highest BCUT2D eigenvalue weighted by Gasteiger charge is 2.25. The lowest BCUT2D eigenvalue weighted by Gasteiger charge is -2.15. The third-order valence-electron chi connectivity index (χ3n) is 12.1. The van der Waals surface area contributed by atoms with E-state index >= 15 is 0 Å². The lowest BCUT2D eigenvalue weighted by molar-refractivity contribution is 0.669. The minimum absolute atomic E-state index is 0.700. The summed E-state index contributed by atoms with van der Waals surface area (Å²) in [7, 11) is 0. The highest BCUT2D eigenvalue weighted by atomic mass is 16.3. The summed E-state index contributed by atoms with van der Waals surface area (Å²) in [4.78, 5) is 10.3. The largest absolute Gasteiger partial charge is 0.456 e. The van der Waals surface area contributed by atoms with Gasteiger partial charge in [0, 0.05) is 54.5 Å². The van der Waals surface area contributed by atoms with Crippen LogP contribution in [0, 0.1) is 0 Å². The first kappa shape index (κ1) is 32.1. The third-order valence-corrected chi connectivity index (χ3v) is 12.1. The van der Waals surface area contributed by atoms with Crippen LogP contribution >= 0.6 is 0 Å². The molecule has 4 heterocycles. The van der Waals surface area contributed by atoms with Crippen molar-refractivity contribution in [3.8, 4) is 34.0 Å². The van der Waals surface area contributed by atoms with Crippen LogP contribution < -0.4 is 0 Å². The van der Waals surface area contributed by atoms with Crippen molar-refractivity contribution in [1.29, 1.82) is 0 Å². The molecule has 0 N–H and O–H groups in total. The predicted molar refractivity (Wildman–Crippen MR) is 244 cm³/mol. The molecule has 274 valence electrons. The molecule has 0 radical (unpaired) electrons. The molecule has 0 fully saturated rings. The van der Waals surface area contributed by atoms with Crippen molar-refractivity contribution in [3.05, 3.63) is 194 Å². The van der Waals surface area contributed by atoms with E-state index < -0.39 is 0 Å². The molecule has 5 nitrogen and oxygen atoms in total. The fraction of sp³-hybridized carbons (Fsp3) is 0. The number of aromatic nitrogens is 4. The number of hydrogen-bond donors (Lipinski definition) is 0. The first-order valence-corrected chi connectivity index (χ1v) is 20.0. The Morgan fingerprint density at radius 2 is 1.02 bits per heavy atom. The average molecular weight is 753 g/mol. The Morgan fingerprint density at radius 1 is 0.373 bits per heavy atom. The molecule has 0 spiro atoms. The predicted octanol–water partition coefficient (Wildman–Crippen LogP) is 14.2. The zero-order valence-corrected chi connectivity index (χ0v) is 31.7. The summed E-state index contributed by atoms with van der Waals surface area (Å²) in [5, 5.41) is 10.4. The SMILES string of the molecule is c1ccc(-c2nc(-c3ccc(-n4c5ccccc5c5ccc6c7ccc8oc9ccccc9c8c7n(-c7cccc8ccccc78)c6c54)cc3)nc3ccccc23)cc1. The number of hydrogen-bond acceptors (Lipinski definition) is 3. The van der Waals surface area contributed by atoms with Gasteiger partial charge in [-0.15, -0.1) is 0 Å². The van der Waals surface area contributed by atoms with E-state index in [9.17, 15) is 0 Å². The zero-order chi connectivity index (χ0) is 38.6. The summed E-state index contributed by atoms with van der Waals surface area (Å²) in [5.41, 5.74) is 12.4. The van der Waals surface area contributed by atoms with Crippen LogP contribution in [-0.4, -0.2) is 19.1 Å². The molecule has 0 bridgehead atoms. The summed E-state index contributed by atoms with van der Waals surface area (Å²) >= 11 is 0. The van der Waals surface area contributed by atoms with Gasteiger partial charge >= 0.3 is 0 Å². The zero-order valence-electron chi connectivity index (χ0n) is 31.7. The van der Waals surface area contributed by atoms with Crippen LogP contribution in [0.5, 0.6) is 0 Å². The van der Waals surface area contributed by atoms with Crippen molar-refractivity contribution in [2.75, 3.05) is 0 Å². The normalized spacial score (nSPS) is 12.1. The van der Waals surface area contributed by atoms with Gasteiger partial charge < -0.3 is 13.6 Å². The number of fused-ring (bicyclic) bond motifs is 13. The second-order valence-corrected chi connectivity index (χ2v) is 15.3. The third kappa shape index (κ3) is 4.61. The van der Waals surface area contributed by atoms with Crippen molar-refractivity contribution >= 4 is 87.2 Å². The summed E-state index contributed by atoms with van der Waals surface area (Å²) < 4.78 is 11.5. The molecule has 0 aliphatic heterocycles. The summed E-state index contributed by atoms with van der Waals surface area (Å²) in [6, 6.07) is 68.9. The molecule has 5 heteroatoms. The van der Waals surface area contributed by atoms with Gasteiger partial charge in [-0.2, -0.15) is 0 Å². The molecule has 0 amide bonds. The minimum Gasteiger partial charge on any atom is -0.456 e. The van der Waals surface area contributed by atoms with Crippen LogP contribution in [0.25, 0.3) is 121 Å². The van der Waals surface area contributed by atoms with E-state index in [1.807, 2.05) is 18.2 Å². The van der Waals surface area contributed by atoms with Gasteiger partial charge in [0.1, 0.15) is 11.2 Å². The topological polar surface area (TPSA) is 48.8 Å². The lowest BCUT2D eigenvalue weighted by atomic mass is 10.1. The van der Waals surface area contributed by atoms with Gasteiger partial charge in [-0.25, -0.2) is 9.97 Å². The first-order chi connectivity index (χ1) is 29.3. The molecule has 0 saturated carbocycles. The van der Waals surface area contributed by atoms with Gasteiger partial charge in [0.25, 0.3) is 0 Å². The fourth-order valence-electron chi connectivity index (χ4n) is 9.54. The quantitative estimate of drug-likeness (QED) is 0.180. The van der Waals surface area contributed by atoms with Gasteiger partial charge in [-0.3, -0.25) is 0 Å². The van der Waals surface area contributed by atoms with Crippen molar-refractivity contribution in [1.82, 2.24) is 19.1 Å². The highest BCUT2D eigenvalue weighted by Crippen LogP contribution is 2.46. The van der Waals surface area contributed by atoms with Gasteiger partial charge in [0.15, 0.2) is 5.82 Å². The smallest absolute Gasteiger partial charge is 0.160 e. The molecular weight excluding hydrogens is 721 g/mol. The summed E-state index contributed by atoms with van der Waals surface area (Å²) in [6.07, 6.45) is 0. The van der Waals surface area contributed by atoms with E-state index in [4.69, 9.17) is 14.4 Å². The molecule has 0 unspecified atom stereocenters. The van der Waals surface area contributed by atoms with Crippen LogP contribution in [0.2, 0.25) is 0 Å².